The molecule has 1 aromatic rings. The third-order valence-corrected chi connectivity index (χ3v) is 1.07. The molecule has 11 heavy (non-hydrogen) atoms. The molecule has 0 N–H and O–H groups in total. The van der Waals surface area contributed by atoms with Gasteiger partial charge in [-0.3, -0.25) is 9.78 Å². The minimum absolute atomic E-state index is 0. The molecule has 0 amide bonds. The van der Waals surface area contributed by atoms with Gasteiger partial charge in [0.1, 0.15) is 0 Å². The first-order chi connectivity index (χ1) is 4.30. The van der Waals surface area contributed by atoms with Crippen LogP contribution in [0, 0.1) is 38.5 Å². The number of pyridine rings is 1. The monoisotopic (exact) mass is 374 g/mol. The van der Waals surface area contributed by atoms with Crippen LogP contribution >= 0.6 is 0 Å². The summed E-state index contributed by atoms with van der Waals surface area (Å²) in [6.45, 7) is 1.52. The third kappa shape index (κ3) is 4.34. The van der Waals surface area contributed by atoms with Gasteiger partial charge in [0, 0.05) is 49.1 Å². The number of carbonyl (C=O) groups excluding carboxylic acids is 1. The van der Waals surface area contributed by atoms with Gasteiger partial charge in [0.15, 0.2) is 5.78 Å². The molecule has 1 rings (SSSR count). The Morgan fingerprint density at radius 3 is 2.45 bits per heavy atom. The Balaban J connectivity index is 0. The summed E-state index contributed by atoms with van der Waals surface area (Å²) in [5.41, 5.74) is 0.664. The number of carbonyl (C=O) groups is 1. The zero-order valence-electron chi connectivity index (χ0n) is 6.66. The molecule has 0 radical (unpaired) electrons. The predicted molar refractivity (Wildman–Crippen MR) is 40.7 cm³/mol. The van der Waals surface area contributed by atoms with E-state index in [4.69, 9.17) is 0 Å². The van der Waals surface area contributed by atoms with Crippen molar-refractivity contribution in [1.82, 2.24) is 4.98 Å². The Morgan fingerprint density at radius 2 is 2.18 bits per heavy atom. The maximum Gasteiger partial charge on any atom is 0.161 e. The Labute approximate surface area is 90.8 Å². The van der Waals surface area contributed by atoms with E-state index in [2.05, 4.69) is 4.98 Å². The van der Waals surface area contributed by atoms with Crippen LogP contribution in [0.2, 0.25) is 0 Å². The van der Waals surface area contributed by atoms with Crippen molar-refractivity contribution in [1.29, 1.82) is 0 Å². The summed E-state index contributed by atoms with van der Waals surface area (Å²) in [5, 5.41) is 0. The number of Topliss-reactive ketones (excluding diaryl/α,β-unsaturated/α-hetero) is 1. The van der Waals surface area contributed by atoms with Crippen LogP contribution in [-0.2, 0) is 0 Å². The molecule has 0 aliphatic carbocycles. The van der Waals surface area contributed by atoms with Gasteiger partial charge in [-0.1, -0.05) is 0 Å². The van der Waals surface area contributed by atoms with Gasteiger partial charge in [-0.15, -0.1) is 0 Å². The molecule has 0 fully saturated rings. The topological polar surface area (TPSA) is 30.0 Å². The van der Waals surface area contributed by atoms with Crippen LogP contribution in [0.4, 0.5) is 0 Å². The van der Waals surface area contributed by atoms with Crippen LogP contribution in [-0.4, -0.2) is 10.8 Å². The molecule has 2 nitrogen and oxygen atoms in total. The van der Waals surface area contributed by atoms with Crippen LogP contribution in [0.5, 0.6) is 0 Å². The Kier molecular flexibility index (Phi) is 8.04. The van der Waals surface area contributed by atoms with Gasteiger partial charge in [0.2, 0.25) is 0 Å². The molecule has 1 heterocycles. The third-order valence-electron chi connectivity index (χ3n) is 1.07. The number of hydrogen-bond donors (Lipinski definition) is 0. The number of hydrogen-bond acceptors (Lipinski definition) is 2. The van der Waals surface area contributed by atoms with Gasteiger partial charge in [-0.05, 0) is 19.1 Å². The number of ketones is 1. The van der Waals surface area contributed by atoms with Crippen molar-refractivity contribution in [2.75, 3.05) is 0 Å². The van der Waals surface area contributed by atoms with Crippen molar-refractivity contribution in [3.63, 3.8) is 0 Å². The minimum Gasteiger partial charge on any atom is -0.358 e. The number of nitrogens with zero attached hydrogens (tertiary/aromatic N) is 1. The van der Waals surface area contributed by atoms with E-state index >= 15 is 0 Å². The molecule has 0 aliphatic heterocycles. The van der Waals surface area contributed by atoms with Gasteiger partial charge >= 0.3 is 0 Å². The molecule has 0 unspecified atom stereocenters. The first-order valence-corrected chi connectivity index (χ1v) is 2.71. The van der Waals surface area contributed by atoms with E-state index < -0.39 is 0 Å². The van der Waals surface area contributed by atoms with E-state index in [-0.39, 0.29) is 44.3 Å². The zero-order chi connectivity index (χ0) is 6.69. The van der Waals surface area contributed by atoms with E-state index in [1.165, 1.54) is 6.92 Å². The molecule has 0 saturated heterocycles. The van der Waals surface area contributed by atoms with E-state index in [9.17, 15) is 4.79 Å². The standard InChI is InChI=1S/C7H7NO.CH3.U/c1-6(9)7-3-2-4-8-5-7;;/h2-5H,1H3;1H3;/q;-1;. The summed E-state index contributed by atoms with van der Waals surface area (Å²) in [6.07, 6.45) is 3.20. The smallest absolute Gasteiger partial charge is 0.161 e. The fraction of sp³-hybridized carbons (Fsp3) is 0.125. The van der Waals surface area contributed by atoms with Crippen molar-refractivity contribution < 1.29 is 35.9 Å². The van der Waals surface area contributed by atoms with Crippen molar-refractivity contribution in [3.8, 4) is 0 Å². The van der Waals surface area contributed by atoms with Gasteiger partial charge in [-0.2, -0.15) is 0 Å². The van der Waals surface area contributed by atoms with Crippen molar-refractivity contribution in [2.45, 2.75) is 6.92 Å². The molecule has 0 spiro atoms. The maximum atomic E-state index is 10.6. The fourth-order valence-corrected chi connectivity index (χ4v) is 0.571. The van der Waals surface area contributed by atoms with Gasteiger partial charge in [-0.25, -0.2) is 0 Å². The Hall–Kier alpha value is -0.128. The summed E-state index contributed by atoms with van der Waals surface area (Å²) in [6, 6.07) is 3.49. The zero-order valence-corrected chi connectivity index (χ0v) is 10.8. The second-order valence-electron chi connectivity index (χ2n) is 1.80. The fourth-order valence-electron chi connectivity index (χ4n) is 0.571. The van der Waals surface area contributed by atoms with Crippen molar-refractivity contribution in [3.05, 3.63) is 37.5 Å². The molecule has 1 aromatic heterocycles. The summed E-state index contributed by atoms with van der Waals surface area (Å²) in [4.78, 5) is 14.4. The van der Waals surface area contributed by atoms with Gasteiger partial charge in [0.05, 0.1) is 0 Å². The largest absolute Gasteiger partial charge is 0.358 e. The molecular formula is C8H10NOU-. The van der Waals surface area contributed by atoms with Crippen LogP contribution in [0.3, 0.4) is 0 Å². The summed E-state index contributed by atoms with van der Waals surface area (Å²) in [7, 11) is 0. The molecular weight excluding hydrogens is 364 g/mol. The summed E-state index contributed by atoms with van der Waals surface area (Å²) < 4.78 is 0. The second kappa shape index (κ2) is 6.57. The van der Waals surface area contributed by atoms with Crippen LogP contribution in [0.1, 0.15) is 17.3 Å². The van der Waals surface area contributed by atoms with E-state index in [1.807, 2.05) is 0 Å². The van der Waals surface area contributed by atoms with Crippen LogP contribution in [0.15, 0.2) is 24.5 Å². The average molecular weight is 374 g/mol. The Bertz CT molecular complexity index is 211. The van der Waals surface area contributed by atoms with Crippen LogP contribution < -0.4 is 0 Å². The Morgan fingerprint density at radius 1 is 1.55 bits per heavy atom. The average Bonchev–Trinajstić information content (AvgIpc) is 1.90. The number of rotatable bonds is 1. The molecule has 0 aromatic carbocycles. The van der Waals surface area contributed by atoms with Gasteiger partial charge < -0.3 is 7.43 Å². The van der Waals surface area contributed by atoms with Crippen molar-refractivity contribution in [2.24, 2.45) is 0 Å². The normalized spacial score (nSPS) is 7.36. The minimum atomic E-state index is 0. The predicted octanol–water partition coefficient (Wildman–Crippen LogP) is 1.73. The second-order valence-corrected chi connectivity index (χ2v) is 1.80. The molecule has 3 heteroatoms. The maximum absolute atomic E-state index is 10.6. The van der Waals surface area contributed by atoms with Crippen LogP contribution in [0.25, 0.3) is 0 Å². The van der Waals surface area contributed by atoms with E-state index in [0.29, 0.717) is 5.56 Å². The number of aromatic nitrogens is 1. The molecule has 0 aliphatic rings. The first-order valence-electron chi connectivity index (χ1n) is 2.71. The van der Waals surface area contributed by atoms with E-state index in [1.54, 1.807) is 24.5 Å². The van der Waals surface area contributed by atoms with E-state index in [0.717, 1.165) is 0 Å². The first kappa shape index (κ1) is 13.5. The SMILES string of the molecule is CC(=O)c1cccnc1.[CH3-].[U]. The molecule has 0 atom stereocenters. The van der Waals surface area contributed by atoms with Crippen molar-refractivity contribution >= 4 is 5.78 Å². The molecule has 0 bridgehead atoms. The van der Waals surface area contributed by atoms with Gasteiger partial charge in [0.25, 0.3) is 0 Å². The molecule has 0 saturated carbocycles. The quantitative estimate of drug-likeness (QED) is 0.554. The molecule has 58 valence electrons. The summed E-state index contributed by atoms with van der Waals surface area (Å²) >= 11 is 0. The summed E-state index contributed by atoms with van der Waals surface area (Å²) in [5.74, 6) is 0.0584.